The number of fused-ring (bicyclic) bond motifs is 1. The summed E-state index contributed by atoms with van der Waals surface area (Å²) in [6.45, 7) is 3.80. The van der Waals surface area contributed by atoms with Crippen molar-refractivity contribution >= 4 is 44.9 Å². The molecule has 0 unspecified atom stereocenters. The summed E-state index contributed by atoms with van der Waals surface area (Å²) >= 11 is 7.35. The molecule has 3 aromatic rings. The van der Waals surface area contributed by atoms with Crippen LogP contribution in [0.25, 0.3) is 10.9 Å². The predicted octanol–water partition coefficient (Wildman–Crippen LogP) is 3.52. The molecular weight excluding hydrogens is 334 g/mol. The Balaban J connectivity index is 2.07. The summed E-state index contributed by atoms with van der Waals surface area (Å²) in [6.07, 6.45) is 1.53. The van der Waals surface area contributed by atoms with Gasteiger partial charge in [0.05, 0.1) is 11.2 Å². The van der Waals surface area contributed by atoms with Crippen LogP contribution in [0.5, 0.6) is 0 Å². The molecule has 0 saturated heterocycles. The van der Waals surface area contributed by atoms with E-state index in [-0.39, 0.29) is 11.0 Å². The molecule has 5 nitrogen and oxygen atoms in total. The van der Waals surface area contributed by atoms with Crippen molar-refractivity contribution in [3.8, 4) is 0 Å². The third kappa shape index (κ3) is 2.87. The number of halogens is 1. The Kier molecular flexibility index (Phi) is 3.95. The molecule has 0 spiro atoms. The molecule has 7 heteroatoms. The van der Waals surface area contributed by atoms with Gasteiger partial charge in [-0.15, -0.1) is 11.3 Å². The first kappa shape index (κ1) is 15.7. The second-order valence-corrected chi connectivity index (χ2v) is 6.90. The molecular formula is C16H14ClN3O2S. The molecule has 0 radical (unpaired) electrons. The van der Waals surface area contributed by atoms with E-state index >= 15 is 0 Å². The maximum absolute atomic E-state index is 12.6. The van der Waals surface area contributed by atoms with E-state index in [4.69, 9.17) is 11.6 Å². The van der Waals surface area contributed by atoms with Gasteiger partial charge in [-0.05, 0) is 32.0 Å². The van der Waals surface area contributed by atoms with Crippen LogP contribution in [0.15, 0.2) is 29.2 Å². The fraction of sp³-hybridized carbons (Fsp3) is 0.188. The largest absolute Gasteiger partial charge is 0.350 e. The van der Waals surface area contributed by atoms with Crippen molar-refractivity contribution in [3.63, 3.8) is 0 Å². The number of rotatable bonds is 2. The van der Waals surface area contributed by atoms with Crippen molar-refractivity contribution in [2.45, 2.75) is 13.8 Å². The molecule has 0 aliphatic heterocycles. The van der Waals surface area contributed by atoms with E-state index in [2.05, 4.69) is 10.3 Å². The molecule has 3 rings (SSSR count). The smallest absolute Gasteiger partial charge is 0.262 e. The minimum Gasteiger partial charge on any atom is -0.350 e. The normalized spacial score (nSPS) is 11.0. The molecule has 0 saturated carbocycles. The Morgan fingerprint density at radius 1 is 1.35 bits per heavy atom. The maximum atomic E-state index is 12.6. The molecule has 23 heavy (non-hydrogen) atoms. The van der Waals surface area contributed by atoms with Crippen LogP contribution in [0.4, 0.5) is 5.13 Å². The average molecular weight is 348 g/mol. The van der Waals surface area contributed by atoms with Gasteiger partial charge in [-0.3, -0.25) is 14.9 Å². The van der Waals surface area contributed by atoms with Crippen molar-refractivity contribution in [2.75, 3.05) is 5.32 Å². The zero-order chi connectivity index (χ0) is 16.7. The Morgan fingerprint density at radius 2 is 2.09 bits per heavy atom. The van der Waals surface area contributed by atoms with Crippen molar-refractivity contribution < 1.29 is 4.79 Å². The number of carbonyl (C=O) groups excluding carboxylic acids is 1. The van der Waals surface area contributed by atoms with Crippen LogP contribution in [0.2, 0.25) is 5.02 Å². The van der Waals surface area contributed by atoms with E-state index in [1.807, 2.05) is 13.8 Å². The van der Waals surface area contributed by atoms with Gasteiger partial charge in [0.25, 0.3) is 5.91 Å². The number of thiazole rings is 1. The summed E-state index contributed by atoms with van der Waals surface area (Å²) in [7, 11) is 1.78. The highest BCUT2D eigenvalue weighted by Crippen LogP contribution is 2.22. The van der Waals surface area contributed by atoms with Crippen molar-refractivity contribution in [2.24, 2.45) is 7.05 Å². The van der Waals surface area contributed by atoms with Crippen molar-refractivity contribution in [1.29, 1.82) is 0 Å². The topological polar surface area (TPSA) is 64.0 Å². The first-order chi connectivity index (χ1) is 10.9. The highest BCUT2D eigenvalue weighted by atomic mass is 35.5. The Labute approximate surface area is 141 Å². The van der Waals surface area contributed by atoms with Crippen LogP contribution >= 0.6 is 22.9 Å². The number of nitrogens with one attached hydrogen (secondary N) is 1. The van der Waals surface area contributed by atoms with Crippen LogP contribution in [0.3, 0.4) is 0 Å². The van der Waals surface area contributed by atoms with E-state index in [9.17, 15) is 9.59 Å². The third-order valence-electron chi connectivity index (χ3n) is 3.64. The predicted molar refractivity (Wildman–Crippen MR) is 93.7 cm³/mol. The minimum atomic E-state index is -0.471. The summed E-state index contributed by atoms with van der Waals surface area (Å²) in [4.78, 5) is 30.3. The van der Waals surface area contributed by atoms with Gasteiger partial charge < -0.3 is 4.57 Å². The molecule has 118 valence electrons. The number of pyridine rings is 1. The standard InChI is InChI=1S/C16H14ClN3O2S/c1-8-9(2)23-16(18-8)19-15(22)12-7-20(3)13-5-4-10(17)6-11(13)14(12)21/h4-7H,1-3H3,(H,18,19,22). The number of anilines is 1. The molecule has 1 aromatic carbocycles. The van der Waals surface area contributed by atoms with Crippen LogP contribution < -0.4 is 10.7 Å². The van der Waals surface area contributed by atoms with E-state index in [0.29, 0.717) is 15.5 Å². The van der Waals surface area contributed by atoms with Gasteiger partial charge in [0, 0.05) is 28.5 Å². The zero-order valence-electron chi connectivity index (χ0n) is 12.8. The fourth-order valence-corrected chi connectivity index (χ4v) is 3.30. The molecule has 0 fully saturated rings. The van der Waals surface area contributed by atoms with E-state index in [1.54, 1.807) is 29.8 Å². The number of nitrogens with zero attached hydrogens (tertiary/aromatic N) is 2. The number of amides is 1. The third-order valence-corrected chi connectivity index (χ3v) is 4.87. The maximum Gasteiger partial charge on any atom is 0.262 e. The minimum absolute atomic E-state index is 0.0628. The highest BCUT2D eigenvalue weighted by Gasteiger charge is 2.16. The average Bonchev–Trinajstić information content (AvgIpc) is 2.80. The van der Waals surface area contributed by atoms with E-state index in [1.165, 1.54) is 17.5 Å². The summed E-state index contributed by atoms with van der Waals surface area (Å²) in [5.74, 6) is -0.471. The van der Waals surface area contributed by atoms with Crippen LogP contribution in [0.1, 0.15) is 20.9 Å². The molecule has 2 heterocycles. The van der Waals surface area contributed by atoms with Gasteiger partial charge in [-0.25, -0.2) is 4.98 Å². The van der Waals surface area contributed by atoms with Gasteiger partial charge in [0.2, 0.25) is 5.43 Å². The second kappa shape index (κ2) is 5.79. The fourth-order valence-electron chi connectivity index (χ4n) is 2.32. The van der Waals surface area contributed by atoms with Crippen LogP contribution in [-0.2, 0) is 7.05 Å². The number of hydrogen-bond donors (Lipinski definition) is 1. The molecule has 0 aliphatic rings. The van der Waals surface area contributed by atoms with Crippen molar-refractivity contribution in [3.05, 3.63) is 55.8 Å². The van der Waals surface area contributed by atoms with Gasteiger partial charge >= 0.3 is 0 Å². The zero-order valence-corrected chi connectivity index (χ0v) is 14.4. The van der Waals surface area contributed by atoms with Gasteiger partial charge in [-0.1, -0.05) is 11.6 Å². The number of aromatic nitrogens is 2. The molecule has 1 N–H and O–H groups in total. The molecule has 0 bridgehead atoms. The van der Waals surface area contributed by atoms with E-state index in [0.717, 1.165) is 16.1 Å². The lowest BCUT2D eigenvalue weighted by atomic mass is 10.1. The summed E-state index contributed by atoms with van der Waals surface area (Å²) in [5.41, 5.74) is 1.30. The number of hydrogen-bond acceptors (Lipinski definition) is 4. The van der Waals surface area contributed by atoms with Gasteiger partial charge in [0.15, 0.2) is 5.13 Å². The Morgan fingerprint density at radius 3 is 2.74 bits per heavy atom. The molecule has 0 atom stereocenters. The Hall–Kier alpha value is -2.18. The summed E-state index contributed by atoms with van der Waals surface area (Å²) < 4.78 is 1.74. The second-order valence-electron chi connectivity index (χ2n) is 5.26. The highest BCUT2D eigenvalue weighted by molar-refractivity contribution is 7.15. The lowest BCUT2D eigenvalue weighted by Gasteiger charge is -2.09. The molecule has 1 amide bonds. The lowest BCUT2D eigenvalue weighted by Crippen LogP contribution is -2.23. The summed E-state index contributed by atoms with van der Waals surface area (Å²) in [5, 5.41) is 4.05. The number of benzene rings is 1. The molecule has 2 aromatic heterocycles. The quantitative estimate of drug-likeness (QED) is 0.771. The van der Waals surface area contributed by atoms with Crippen molar-refractivity contribution in [1.82, 2.24) is 9.55 Å². The van der Waals surface area contributed by atoms with E-state index < -0.39 is 5.91 Å². The van der Waals surface area contributed by atoms with Crippen LogP contribution in [0, 0.1) is 13.8 Å². The first-order valence-corrected chi connectivity index (χ1v) is 8.10. The van der Waals surface area contributed by atoms with Crippen LogP contribution in [-0.4, -0.2) is 15.5 Å². The summed E-state index contributed by atoms with van der Waals surface area (Å²) in [6, 6.07) is 5.05. The Bertz CT molecular complexity index is 971. The SMILES string of the molecule is Cc1nc(NC(=O)c2cn(C)c3ccc(Cl)cc3c2=O)sc1C. The number of carbonyl (C=O) groups is 1. The monoisotopic (exact) mass is 347 g/mol. The van der Waals surface area contributed by atoms with Gasteiger partial charge in [0.1, 0.15) is 5.56 Å². The first-order valence-electron chi connectivity index (χ1n) is 6.91. The number of aryl methyl sites for hydroxylation is 3. The molecule has 0 aliphatic carbocycles. The lowest BCUT2D eigenvalue weighted by molar-refractivity contribution is 0.102. The van der Waals surface area contributed by atoms with Gasteiger partial charge in [-0.2, -0.15) is 0 Å².